The topological polar surface area (TPSA) is 8.17 Å². The highest BCUT2D eigenvalue weighted by atomic mass is 15.2. The Bertz CT molecular complexity index is 3030. The Kier molecular flexibility index (Phi) is 4.62. The smallest absolute Gasteiger partial charge is 0.333 e. The molecule has 0 saturated carbocycles. The van der Waals surface area contributed by atoms with Gasteiger partial charge in [0.25, 0.3) is 0 Å². The van der Waals surface area contributed by atoms with E-state index in [1.165, 1.54) is 111 Å². The molecular weight excluding hydrogens is 615 g/mol. The van der Waals surface area contributed by atoms with Gasteiger partial charge in [0, 0.05) is 38.7 Å². The summed E-state index contributed by atoms with van der Waals surface area (Å²) in [6.07, 6.45) is 0. The van der Waals surface area contributed by atoms with Crippen LogP contribution in [0.4, 0.5) is 17.1 Å². The van der Waals surface area contributed by atoms with Crippen molar-refractivity contribution in [1.29, 1.82) is 0 Å². The molecule has 2 nitrogen and oxygen atoms in total. The van der Waals surface area contributed by atoms with Gasteiger partial charge in [0.2, 0.25) is 0 Å². The summed E-state index contributed by atoms with van der Waals surface area (Å²) in [6.45, 7) is 2.29. The van der Waals surface area contributed by atoms with Crippen LogP contribution in [-0.2, 0) is 5.41 Å². The zero-order chi connectivity index (χ0) is 33.2. The van der Waals surface area contributed by atoms with Crippen LogP contribution in [0.1, 0.15) is 27.8 Å². The molecule has 0 atom stereocenters. The van der Waals surface area contributed by atoms with Crippen molar-refractivity contribution in [2.24, 2.45) is 0 Å². The van der Waals surface area contributed by atoms with Crippen LogP contribution in [0, 0.1) is 6.92 Å². The SMILES string of the molecule is Cc1cc2c3c(c1)N1c4ccccc4C4(c5ccccc5-c5ccccc54)c4cccc(c41)B3n1c3cc4ccccc4cc3c3cccc-2c31. The highest BCUT2D eigenvalue weighted by molar-refractivity contribution is 6.90. The highest BCUT2D eigenvalue weighted by Crippen LogP contribution is 2.63. The van der Waals surface area contributed by atoms with Crippen LogP contribution >= 0.6 is 0 Å². The first-order chi connectivity index (χ1) is 25.2. The Labute approximate surface area is 295 Å². The number of hydrogen-bond donors (Lipinski definition) is 0. The molecule has 0 amide bonds. The van der Waals surface area contributed by atoms with Crippen molar-refractivity contribution in [3.05, 3.63) is 186 Å². The first-order valence-corrected chi connectivity index (χ1v) is 18.1. The average molecular weight is 645 g/mol. The molecule has 0 bridgehead atoms. The lowest BCUT2D eigenvalue weighted by molar-refractivity contribution is 0.753. The second-order valence-electron chi connectivity index (χ2n) is 14.9. The highest BCUT2D eigenvalue weighted by Gasteiger charge is 2.55. The number of fused-ring (bicyclic) bond motifs is 17. The van der Waals surface area contributed by atoms with E-state index in [1.807, 2.05) is 0 Å². The molecule has 1 spiro atoms. The fourth-order valence-corrected chi connectivity index (χ4v) is 10.8. The monoisotopic (exact) mass is 644 g/mol. The Morgan fingerprint density at radius 1 is 0.490 bits per heavy atom. The summed E-state index contributed by atoms with van der Waals surface area (Å²) < 4.78 is 2.70. The first-order valence-electron chi connectivity index (χ1n) is 18.1. The predicted molar refractivity (Wildman–Crippen MR) is 213 cm³/mol. The van der Waals surface area contributed by atoms with Gasteiger partial charge in [-0.25, -0.2) is 0 Å². The van der Waals surface area contributed by atoms with Gasteiger partial charge in [-0.1, -0.05) is 133 Å². The van der Waals surface area contributed by atoms with E-state index in [-0.39, 0.29) is 6.85 Å². The molecule has 3 aliphatic heterocycles. The van der Waals surface area contributed by atoms with E-state index >= 15 is 0 Å². The molecule has 0 unspecified atom stereocenters. The summed E-state index contributed by atoms with van der Waals surface area (Å²) in [6, 6.07) is 60.2. The third kappa shape index (κ3) is 2.90. The van der Waals surface area contributed by atoms with Crippen molar-refractivity contribution in [3.8, 4) is 22.3 Å². The van der Waals surface area contributed by atoms with E-state index in [2.05, 4.69) is 174 Å². The zero-order valence-corrected chi connectivity index (χ0v) is 28.0. The molecule has 13 rings (SSSR count). The maximum atomic E-state index is 2.70. The standard InChI is InChI=1S/C48H29BN2/c1-28-24-36-34-17-10-16-33-35-26-29-12-2-3-13-30(29)27-43(35)51(46(33)34)49-41-22-11-21-40-47(41)50(44(25-28)45(36)49)42-23-9-8-20-39(42)48(40)37-18-6-4-14-31(37)32-15-5-7-19-38(32)48/h2-27H,1H3. The Hall–Kier alpha value is -6.32. The molecule has 8 aromatic carbocycles. The predicted octanol–water partition coefficient (Wildman–Crippen LogP) is 10.4. The van der Waals surface area contributed by atoms with Gasteiger partial charge in [-0.2, -0.15) is 0 Å². The third-order valence-corrected chi connectivity index (χ3v) is 12.5. The van der Waals surface area contributed by atoms with E-state index < -0.39 is 5.41 Å². The summed E-state index contributed by atoms with van der Waals surface area (Å²) in [5.74, 6) is 0. The number of nitrogens with zero attached hydrogens (tertiary/aromatic N) is 2. The Balaban J connectivity index is 1.24. The number of benzene rings is 8. The molecule has 4 aliphatic rings. The molecule has 0 saturated heterocycles. The fourth-order valence-electron chi connectivity index (χ4n) is 10.8. The summed E-state index contributed by atoms with van der Waals surface area (Å²) >= 11 is 0. The minimum Gasteiger partial charge on any atom is -0.375 e. The van der Waals surface area contributed by atoms with Gasteiger partial charge in [-0.3, -0.25) is 0 Å². The van der Waals surface area contributed by atoms with Gasteiger partial charge in [-0.05, 0) is 97.4 Å². The summed E-state index contributed by atoms with van der Waals surface area (Å²) in [4.78, 5) is 2.63. The minimum absolute atomic E-state index is 0.0204. The molecular formula is C48H29BN2. The van der Waals surface area contributed by atoms with Gasteiger partial charge >= 0.3 is 6.85 Å². The number of para-hydroxylation sites is 3. The van der Waals surface area contributed by atoms with Crippen LogP contribution in [0.3, 0.4) is 0 Å². The zero-order valence-electron chi connectivity index (χ0n) is 28.0. The first kappa shape index (κ1) is 26.5. The van der Waals surface area contributed by atoms with Crippen LogP contribution in [0.25, 0.3) is 54.8 Å². The summed E-state index contributed by atoms with van der Waals surface area (Å²) in [5, 5.41) is 5.21. The molecule has 1 aliphatic carbocycles. The molecule has 234 valence electrons. The van der Waals surface area contributed by atoms with Crippen molar-refractivity contribution < 1.29 is 0 Å². The molecule has 0 fully saturated rings. The van der Waals surface area contributed by atoms with Gasteiger partial charge in [0.05, 0.1) is 11.1 Å². The van der Waals surface area contributed by atoms with E-state index in [0.717, 1.165) is 0 Å². The van der Waals surface area contributed by atoms with Crippen LogP contribution in [-0.4, -0.2) is 11.3 Å². The Morgan fingerprint density at radius 2 is 1.14 bits per heavy atom. The lowest BCUT2D eigenvalue weighted by Gasteiger charge is -2.49. The summed E-state index contributed by atoms with van der Waals surface area (Å²) in [5.41, 5.74) is 20.9. The normalized spacial score (nSPS) is 14.8. The molecule has 4 heterocycles. The van der Waals surface area contributed by atoms with E-state index in [1.54, 1.807) is 0 Å². The lowest BCUT2D eigenvalue weighted by atomic mass is 9.44. The Morgan fingerprint density at radius 3 is 1.94 bits per heavy atom. The number of hydrogen-bond acceptors (Lipinski definition) is 1. The van der Waals surface area contributed by atoms with Crippen LogP contribution in [0.15, 0.2) is 158 Å². The molecule has 3 heteroatoms. The van der Waals surface area contributed by atoms with Crippen molar-refractivity contribution in [2.75, 3.05) is 4.90 Å². The molecule has 9 aromatic rings. The number of aryl methyl sites for hydroxylation is 1. The average Bonchev–Trinajstić information content (AvgIpc) is 3.65. The van der Waals surface area contributed by atoms with Crippen molar-refractivity contribution >= 4 is 67.4 Å². The van der Waals surface area contributed by atoms with Crippen LogP contribution in [0.5, 0.6) is 0 Å². The number of aromatic nitrogens is 1. The third-order valence-electron chi connectivity index (χ3n) is 12.5. The molecule has 0 radical (unpaired) electrons. The second kappa shape index (κ2) is 8.88. The quantitative estimate of drug-likeness (QED) is 0.149. The van der Waals surface area contributed by atoms with Crippen LogP contribution < -0.4 is 15.8 Å². The maximum absolute atomic E-state index is 2.70. The fraction of sp³-hybridized carbons (Fsp3) is 0.0417. The van der Waals surface area contributed by atoms with Gasteiger partial charge in [-0.15, -0.1) is 0 Å². The lowest BCUT2D eigenvalue weighted by Crippen LogP contribution is -2.58. The summed E-state index contributed by atoms with van der Waals surface area (Å²) in [7, 11) is 0. The second-order valence-corrected chi connectivity index (χ2v) is 14.9. The van der Waals surface area contributed by atoms with Crippen LogP contribution in [0.2, 0.25) is 0 Å². The number of rotatable bonds is 0. The largest absolute Gasteiger partial charge is 0.375 e. The van der Waals surface area contributed by atoms with E-state index in [4.69, 9.17) is 0 Å². The number of anilines is 3. The van der Waals surface area contributed by atoms with Gasteiger partial charge < -0.3 is 9.38 Å². The van der Waals surface area contributed by atoms with E-state index in [0.29, 0.717) is 0 Å². The minimum atomic E-state index is -0.438. The molecule has 51 heavy (non-hydrogen) atoms. The maximum Gasteiger partial charge on any atom is 0.333 e. The van der Waals surface area contributed by atoms with Gasteiger partial charge in [0.15, 0.2) is 0 Å². The van der Waals surface area contributed by atoms with Crippen molar-refractivity contribution in [1.82, 2.24) is 4.48 Å². The molecule has 1 aromatic heterocycles. The van der Waals surface area contributed by atoms with Crippen molar-refractivity contribution in [2.45, 2.75) is 12.3 Å². The van der Waals surface area contributed by atoms with E-state index in [9.17, 15) is 0 Å². The van der Waals surface area contributed by atoms with Crippen molar-refractivity contribution in [3.63, 3.8) is 0 Å². The van der Waals surface area contributed by atoms with Gasteiger partial charge in [0.1, 0.15) is 0 Å². The molecule has 0 N–H and O–H groups in total.